The number of hydrogen-bond acceptors (Lipinski definition) is 4. The molecule has 2 aromatic rings. The first-order valence-corrected chi connectivity index (χ1v) is 7.78. The van der Waals surface area contributed by atoms with Crippen molar-refractivity contribution in [1.82, 2.24) is 15.3 Å². The van der Waals surface area contributed by atoms with Crippen molar-refractivity contribution in [3.8, 4) is 0 Å². The number of pyridine rings is 1. The molecule has 0 saturated heterocycles. The van der Waals surface area contributed by atoms with Gasteiger partial charge < -0.3 is 9.73 Å². The molecule has 0 bridgehead atoms. The van der Waals surface area contributed by atoms with Crippen molar-refractivity contribution in [2.75, 3.05) is 0 Å². The van der Waals surface area contributed by atoms with E-state index in [1.54, 1.807) is 0 Å². The summed E-state index contributed by atoms with van der Waals surface area (Å²) in [5.41, 5.74) is 2.59. The van der Waals surface area contributed by atoms with Crippen LogP contribution in [0.2, 0.25) is 0 Å². The molecule has 2 atom stereocenters. The standard InChI is InChI=1S/C17H23N3O/c1-12-5-4-8-18-17(12)14-6-3-7-15(9-14)20-11-16-10-19-13(2)21-16/h4-5,8,10,14-15,20H,3,6-7,9,11H2,1-2H3. The van der Waals surface area contributed by atoms with Gasteiger partial charge in [0.05, 0.1) is 12.7 Å². The molecule has 3 rings (SSSR count). The third kappa shape index (κ3) is 3.50. The molecule has 1 fully saturated rings. The Labute approximate surface area is 126 Å². The molecule has 1 aliphatic carbocycles. The van der Waals surface area contributed by atoms with Gasteiger partial charge in [0.25, 0.3) is 0 Å². The summed E-state index contributed by atoms with van der Waals surface area (Å²) in [6.07, 6.45) is 8.62. The van der Waals surface area contributed by atoms with Gasteiger partial charge in [0.15, 0.2) is 5.89 Å². The van der Waals surface area contributed by atoms with Crippen LogP contribution in [0.5, 0.6) is 0 Å². The van der Waals surface area contributed by atoms with Crippen LogP contribution in [0.25, 0.3) is 0 Å². The fraction of sp³-hybridized carbons (Fsp3) is 0.529. The van der Waals surface area contributed by atoms with Crippen LogP contribution >= 0.6 is 0 Å². The molecule has 2 unspecified atom stereocenters. The van der Waals surface area contributed by atoms with E-state index in [0.29, 0.717) is 12.0 Å². The van der Waals surface area contributed by atoms with E-state index in [9.17, 15) is 0 Å². The summed E-state index contributed by atoms with van der Waals surface area (Å²) in [5.74, 6) is 2.23. The summed E-state index contributed by atoms with van der Waals surface area (Å²) >= 11 is 0. The monoisotopic (exact) mass is 285 g/mol. The first-order chi connectivity index (χ1) is 10.2. The zero-order valence-corrected chi connectivity index (χ0v) is 12.8. The topological polar surface area (TPSA) is 51.0 Å². The van der Waals surface area contributed by atoms with E-state index in [-0.39, 0.29) is 0 Å². The Morgan fingerprint density at radius 3 is 2.95 bits per heavy atom. The van der Waals surface area contributed by atoms with Crippen LogP contribution in [0, 0.1) is 13.8 Å². The lowest BCUT2D eigenvalue weighted by Crippen LogP contribution is -2.33. The largest absolute Gasteiger partial charge is 0.445 e. The molecule has 1 saturated carbocycles. The smallest absolute Gasteiger partial charge is 0.191 e. The van der Waals surface area contributed by atoms with Crippen LogP contribution in [0.1, 0.15) is 54.5 Å². The van der Waals surface area contributed by atoms with E-state index in [1.807, 2.05) is 25.4 Å². The van der Waals surface area contributed by atoms with Gasteiger partial charge in [-0.2, -0.15) is 0 Å². The second-order valence-corrected chi connectivity index (χ2v) is 5.99. The van der Waals surface area contributed by atoms with Crippen molar-refractivity contribution >= 4 is 0 Å². The molecular weight excluding hydrogens is 262 g/mol. The van der Waals surface area contributed by atoms with Crippen molar-refractivity contribution in [3.05, 3.63) is 47.4 Å². The second kappa shape index (κ2) is 6.39. The highest BCUT2D eigenvalue weighted by Gasteiger charge is 2.24. The van der Waals surface area contributed by atoms with E-state index >= 15 is 0 Å². The van der Waals surface area contributed by atoms with Crippen molar-refractivity contribution in [3.63, 3.8) is 0 Å². The quantitative estimate of drug-likeness (QED) is 0.934. The lowest BCUT2D eigenvalue weighted by molar-refractivity contribution is 0.323. The summed E-state index contributed by atoms with van der Waals surface area (Å²) in [7, 11) is 0. The van der Waals surface area contributed by atoms with Crippen LogP contribution in [-0.2, 0) is 6.54 Å². The minimum atomic E-state index is 0.538. The molecule has 21 heavy (non-hydrogen) atoms. The minimum Gasteiger partial charge on any atom is -0.445 e. The van der Waals surface area contributed by atoms with Crippen LogP contribution in [0.4, 0.5) is 0 Å². The van der Waals surface area contributed by atoms with Gasteiger partial charge in [-0.05, 0) is 37.8 Å². The summed E-state index contributed by atoms with van der Waals surface area (Å²) in [6, 6.07) is 4.72. The van der Waals surface area contributed by atoms with Gasteiger partial charge in [-0.3, -0.25) is 4.98 Å². The van der Waals surface area contributed by atoms with Crippen LogP contribution < -0.4 is 5.32 Å². The number of nitrogens with zero attached hydrogens (tertiary/aromatic N) is 2. The summed E-state index contributed by atoms with van der Waals surface area (Å²) < 4.78 is 5.52. The van der Waals surface area contributed by atoms with E-state index in [2.05, 4.69) is 28.3 Å². The number of oxazole rings is 1. The lowest BCUT2D eigenvalue weighted by Gasteiger charge is -2.30. The molecule has 0 radical (unpaired) electrons. The predicted octanol–water partition coefficient (Wildman–Crippen LogP) is 3.50. The molecule has 4 heteroatoms. The van der Waals surface area contributed by atoms with Crippen LogP contribution in [0.15, 0.2) is 28.9 Å². The van der Waals surface area contributed by atoms with Gasteiger partial charge >= 0.3 is 0 Å². The van der Waals surface area contributed by atoms with Crippen LogP contribution in [0.3, 0.4) is 0 Å². The number of aromatic nitrogens is 2. The lowest BCUT2D eigenvalue weighted by atomic mass is 9.82. The minimum absolute atomic E-state index is 0.538. The van der Waals surface area contributed by atoms with E-state index in [0.717, 1.165) is 24.6 Å². The molecule has 1 N–H and O–H groups in total. The Bertz CT molecular complexity index is 593. The second-order valence-electron chi connectivity index (χ2n) is 5.99. The average Bonchev–Trinajstić information content (AvgIpc) is 2.92. The molecule has 112 valence electrons. The number of hydrogen-bond donors (Lipinski definition) is 1. The molecule has 4 nitrogen and oxygen atoms in total. The fourth-order valence-electron chi connectivity index (χ4n) is 3.28. The molecule has 0 amide bonds. The Morgan fingerprint density at radius 2 is 2.19 bits per heavy atom. The molecule has 0 spiro atoms. The zero-order valence-electron chi connectivity index (χ0n) is 12.8. The third-order valence-electron chi connectivity index (χ3n) is 4.34. The zero-order chi connectivity index (χ0) is 14.7. The van der Waals surface area contributed by atoms with Crippen molar-refractivity contribution < 1.29 is 4.42 Å². The highest BCUT2D eigenvalue weighted by molar-refractivity contribution is 5.22. The highest BCUT2D eigenvalue weighted by atomic mass is 16.4. The van der Waals surface area contributed by atoms with E-state index in [4.69, 9.17) is 4.42 Å². The predicted molar refractivity (Wildman–Crippen MR) is 82.1 cm³/mol. The van der Waals surface area contributed by atoms with Gasteiger partial charge in [-0.15, -0.1) is 0 Å². The van der Waals surface area contributed by atoms with Crippen molar-refractivity contribution in [2.24, 2.45) is 0 Å². The number of aryl methyl sites for hydroxylation is 2. The summed E-state index contributed by atoms with van der Waals surface area (Å²) in [6.45, 7) is 4.81. The number of rotatable bonds is 4. The van der Waals surface area contributed by atoms with E-state index in [1.165, 1.54) is 30.5 Å². The van der Waals surface area contributed by atoms with Gasteiger partial charge in [0.2, 0.25) is 0 Å². The fourth-order valence-corrected chi connectivity index (χ4v) is 3.28. The summed E-state index contributed by atoms with van der Waals surface area (Å²) in [4.78, 5) is 8.74. The normalized spacial score (nSPS) is 22.4. The Morgan fingerprint density at radius 1 is 1.29 bits per heavy atom. The third-order valence-corrected chi connectivity index (χ3v) is 4.34. The molecule has 0 aliphatic heterocycles. The molecule has 1 aliphatic rings. The molecule has 2 heterocycles. The average molecular weight is 285 g/mol. The first kappa shape index (κ1) is 14.3. The Balaban J connectivity index is 1.59. The Kier molecular flexibility index (Phi) is 4.34. The number of nitrogens with one attached hydrogen (secondary N) is 1. The molecule has 0 aromatic carbocycles. The summed E-state index contributed by atoms with van der Waals surface area (Å²) in [5, 5.41) is 3.61. The van der Waals surface area contributed by atoms with Gasteiger partial charge in [-0.1, -0.05) is 12.5 Å². The SMILES string of the molecule is Cc1ncc(CNC2CCCC(c3ncccc3C)C2)o1. The van der Waals surface area contributed by atoms with Crippen molar-refractivity contribution in [2.45, 2.75) is 58.0 Å². The maximum Gasteiger partial charge on any atom is 0.191 e. The Hall–Kier alpha value is -1.68. The van der Waals surface area contributed by atoms with Gasteiger partial charge in [0, 0.05) is 30.8 Å². The maximum absolute atomic E-state index is 5.52. The maximum atomic E-state index is 5.52. The highest BCUT2D eigenvalue weighted by Crippen LogP contribution is 2.33. The van der Waals surface area contributed by atoms with E-state index < -0.39 is 0 Å². The van der Waals surface area contributed by atoms with Crippen molar-refractivity contribution in [1.29, 1.82) is 0 Å². The van der Waals surface area contributed by atoms with Gasteiger partial charge in [-0.25, -0.2) is 4.98 Å². The first-order valence-electron chi connectivity index (χ1n) is 7.78. The van der Waals surface area contributed by atoms with Crippen LogP contribution in [-0.4, -0.2) is 16.0 Å². The molecule has 2 aromatic heterocycles. The van der Waals surface area contributed by atoms with Gasteiger partial charge in [0.1, 0.15) is 5.76 Å². The molecular formula is C17H23N3O.